The van der Waals surface area contributed by atoms with Crippen molar-refractivity contribution in [2.24, 2.45) is 17.6 Å². The summed E-state index contributed by atoms with van der Waals surface area (Å²) in [5.41, 5.74) is 7.48. The predicted octanol–water partition coefficient (Wildman–Crippen LogP) is 1.53. The molecule has 1 aliphatic rings. The second-order valence-electron chi connectivity index (χ2n) is 6.76. The largest absolute Gasteiger partial charge is 0.497 e. The summed E-state index contributed by atoms with van der Waals surface area (Å²) in [5.74, 6) is 1.46. The van der Waals surface area contributed by atoms with Gasteiger partial charge in [-0.1, -0.05) is 5.21 Å². The molecule has 9 heteroatoms. The molecule has 0 radical (unpaired) electrons. The van der Waals surface area contributed by atoms with Crippen LogP contribution < -0.4 is 15.8 Å². The Morgan fingerprint density at radius 2 is 2.15 bits per heavy atom. The lowest BCUT2D eigenvalue weighted by Crippen LogP contribution is -2.21. The molecule has 27 heavy (non-hydrogen) atoms. The van der Waals surface area contributed by atoms with Crippen molar-refractivity contribution < 1.29 is 9.53 Å². The lowest BCUT2D eigenvalue weighted by molar-refractivity contribution is -0.121. The Balaban J connectivity index is 1.50. The van der Waals surface area contributed by atoms with Crippen LogP contribution in [0.4, 0.5) is 5.95 Å². The van der Waals surface area contributed by atoms with E-state index in [1.54, 1.807) is 18.0 Å². The second kappa shape index (κ2) is 7.18. The molecule has 1 amide bonds. The molecule has 1 fully saturated rings. The van der Waals surface area contributed by atoms with Crippen LogP contribution in [0.2, 0.25) is 0 Å². The van der Waals surface area contributed by atoms with Gasteiger partial charge in [-0.15, -0.1) is 5.10 Å². The SMILES string of the molecule is COc1ccc(-n2nnc3cnc(NCC4CC[C@H](C(N)=O)C4)nc32)cc1. The first-order valence-electron chi connectivity index (χ1n) is 8.90. The lowest BCUT2D eigenvalue weighted by Gasteiger charge is -2.11. The van der Waals surface area contributed by atoms with Gasteiger partial charge in [0.15, 0.2) is 11.2 Å². The molecule has 1 saturated carbocycles. The molecule has 2 heterocycles. The van der Waals surface area contributed by atoms with Gasteiger partial charge >= 0.3 is 0 Å². The summed E-state index contributed by atoms with van der Waals surface area (Å²) in [6, 6.07) is 7.51. The molecule has 140 valence electrons. The summed E-state index contributed by atoms with van der Waals surface area (Å²) in [5, 5.41) is 11.6. The second-order valence-corrected chi connectivity index (χ2v) is 6.76. The maximum Gasteiger partial charge on any atom is 0.224 e. The van der Waals surface area contributed by atoms with Crippen molar-refractivity contribution in [2.45, 2.75) is 19.3 Å². The number of anilines is 1. The monoisotopic (exact) mass is 367 g/mol. The van der Waals surface area contributed by atoms with Crippen LogP contribution in [-0.2, 0) is 4.79 Å². The fourth-order valence-electron chi connectivity index (χ4n) is 3.47. The van der Waals surface area contributed by atoms with Gasteiger partial charge < -0.3 is 15.8 Å². The standard InChI is InChI=1S/C18H21N7O2/c1-27-14-6-4-13(5-7-14)25-17-15(23-24-25)10-21-18(22-17)20-9-11-2-3-12(8-11)16(19)26/h4-7,10-12H,2-3,8-9H2,1H3,(H2,19,26)(H,20,21,22)/t11?,12-/m0/s1. The summed E-state index contributed by atoms with van der Waals surface area (Å²) < 4.78 is 6.85. The molecule has 0 bridgehead atoms. The predicted molar refractivity (Wildman–Crippen MR) is 99.5 cm³/mol. The minimum Gasteiger partial charge on any atom is -0.497 e. The highest BCUT2D eigenvalue weighted by atomic mass is 16.5. The first-order chi connectivity index (χ1) is 13.1. The van der Waals surface area contributed by atoms with Gasteiger partial charge in [0.2, 0.25) is 11.9 Å². The topological polar surface area (TPSA) is 121 Å². The fraction of sp³-hybridized carbons (Fsp3) is 0.389. The van der Waals surface area contributed by atoms with Crippen LogP contribution in [0.5, 0.6) is 5.75 Å². The van der Waals surface area contributed by atoms with Gasteiger partial charge in [-0.25, -0.2) is 4.98 Å². The molecule has 2 aromatic heterocycles. The van der Waals surface area contributed by atoms with E-state index in [9.17, 15) is 4.79 Å². The Morgan fingerprint density at radius 3 is 2.85 bits per heavy atom. The van der Waals surface area contributed by atoms with Crippen molar-refractivity contribution >= 4 is 23.0 Å². The van der Waals surface area contributed by atoms with E-state index in [1.165, 1.54) is 0 Å². The third-order valence-corrected chi connectivity index (χ3v) is 5.00. The Hall–Kier alpha value is -3.23. The number of primary amides is 1. The number of hydrogen-bond acceptors (Lipinski definition) is 7. The average molecular weight is 367 g/mol. The molecular weight excluding hydrogens is 346 g/mol. The number of carbonyl (C=O) groups excluding carboxylic acids is 1. The average Bonchev–Trinajstić information content (AvgIpc) is 3.33. The molecule has 1 aromatic carbocycles. The van der Waals surface area contributed by atoms with Crippen LogP contribution in [0.15, 0.2) is 30.5 Å². The van der Waals surface area contributed by atoms with Gasteiger partial charge in [0.05, 0.1) is 19.0 Å². The molecule has 3 aromatic rings. The number of fused-ring (bicyclic) bond motifs is 1. The molecule has 0 saturated heterocycles. The van der Waals surface area contributed by atoms with Gasteiger partial charge in [-0.2, -0.15) is 9.67 Å². The minimum absolute atomic E-state index is 0.0131. The zero-order chi connectivity index (χ0) is 18.8. The van der Waals surface area contributed by atoms with Crippen molar-refractivity contribution in [3.8, 4) is 11.4 Å². The molecule has 4 rings (SSSR count). The number of nitrogens with zero attached hydrogens (tertiary/aromatic N) is 5. The fourth-order valence-corrected chi connectivity index (χ4v) is 3.47. The van der Waals surface area contributed by atoms with Crippen molar-refractivity contribution in [2.75, 3.05) is 19.0 Å². The summed E-state index contributed by atoms with van der Waals surface area (Å²) in [7, 11) is 1.63. The minimum atomic E-state index is -0.204. The van der Waals surface area contributed by atoms with Crippen molar-refractivity contribution in [3.05, 3.63) is 30.5 Å². The lowest BCUT2D eigenvalue weighted by atomic mass is 10.0. The summed E-state index contributed by atoms with van der Waals surface area (Å²) in [6.45, 7) is 0.708. The number of benzene rings is 1. The van der Waals surface area contributed by atoms with E-state index in [2.05, 4.69) is 25.6 Å². The Kier molecular flexibility index (Phi) is 4.57. The van der Waals surface area contributed by atoms with Crippen molar-refractivity contribution in [1.82, 2.24) is 25.0 Å². The summed E-state index contributed by atoms with van der Waals surface area (Å²) in [6.07, 6.45) is 4.30. The van der Waals surface area contributed by atoms with Crippen LogP contribution >= 0.6 is 0 Å². The van der Waals surface area contributed by atoms with E-state index in [0.717, 1.165) is 30.7 Å². The third kappa shape index (κ3) is 3.53. The number of nitrogens with two attached hydrogens (primary N) is 1. The van der Waals surface area contributed by atoms with Gasteiger partial charge in [-0.3, -0.25) is 4.79 Å². The van der Waals surface area contributed by atoms with Crippen LogP contribution in [0.3, 0.4) is 0 Å². The highest BCUT2D eigenvalue weighted by Crippen LogP contribution is 2.30. The zero-order valence-electron chi connectivity index (χ0n) is 15.0. The van der Waals surface area contributed by atoms with E-state index in [4.69, 9.17) is 10.5 Å². The highest BCUT2D eigenvalue weighted by molar-refractivity contribution is 5.77. The number of hydrogen-bond donors (Lipinski definition) is 2. The molecular formula is C18H21N7O2. The highest BCUT2D eigenvalue weighted by Gasteiger charge is 2.28. The number of nitrogens with one attached hydrogen (secondary N) is 1. The zero-order valence-corrected chi connectivity index (χ0v) is 15.0. The number of methoxy groups -OCH3 is 1. The normalized spacial score (nSPS) is 19.3. The van der Waals surface area contributed by atoms with Gasteiger partial charge in [0.25, 0.3) is 0 Å². The molecule has 1 unspecified atom stereocenters. The molecule has 3 N–H and O–H groups in total. The number of amides is 1. The van der Waals surface area contributed by atoms with Gasteiger partial charge in [0, 0.05) is 12.5 Å². The van der Waals surface area contributed by atoms with Gasteiger partial charge in [0.1, 0.15) is 5.75 Å². The summed E-state index contributed by atoms with van der Waals surface area (Å²) in [4.78, 5) is 20.2. The summed E-state index contributed by atoms with van der Waals surface area (Å²) >= 11 is 0. The molecule has 0 spiro atoms. The van der Waals surface area contributed by atoms with E-state index >= 15 is 0 Å². The van der Waals surface area contributed by atoms with Crippen molar-refractivity contribution in [3.63, 3.8) is 0 Å². The van der Waals surface area contributed by atoms with Crippen LogP contribution in [0.25, 0.3) is 16.9 Å². The Labute approximate surface area is 155 Å². The van der Waals surface area contributed by atoms with Crippen LogP contribution in [0, 0.1) is 11.8 Å². The number of ether oxygens (including phenoxy) is 1. The van der Waals surface area contributed by atoms with Crippen LogP contribution in [-0.4, -0.2) is 44.5 Å². The molecule has 1 aliphatic carbocycles. The third-order valence-electron chi connectivity index (χ3n) is 5.00. The van der Waals surface area contributed by atoms with E-state index in [1.807, 2.05) is 24.3 Å². The maximum absolute atomic E-state index is 11.3. The number of rotatable bonds is 6. The smallest absolute Gasteiger partial charge is 0.224 e. The maximum atomic E-state index is 11.3. The Morgan fingerprint density at radius 1 is 1.33 bits per heavy atom. The first kappa shape index (κ1) is 17.2. The number of aromatic nitrogens is 5. The first-order valence-corrected chi connectivity index (χ1v) is 8.90. The van der Waals surface area contributed by atoms with Crippen LogP contribution in [0.1, 0.15) is 19.3 Å². The van der Waals surface area contributed by atoms with E-state index < -0.39 is 0 Å². The number of carbonyl (C=O) groups is 1. The molecule has 0 aliphatic heterocycles. The molecule has 2 atom stereocenters. The van der Waals surface area contributed by atoms with E-state index in [0.29, 0.717) is 29.6 Å². The van der Waals surface area contributed by atoms with E-state index in [-0.39, 0.29) is 11.8 Å². The quantitative estimate of drug-likeness (QED) is 0.678. The Bertz CT molecular complexity index is 954. The van der Waals surface area contributed by atoms with Crippen molar-refractivity contribution in [1.29, 1.82) is 0 Å². The molecule has 9 nitrogen and oxygen atoms in total. The van der Waals surface area contributed by atoms with Gasteiger partial charge in [-0.05, 0) is 49.4 Å².